The Balaban J connectivity index is 1.83. The molecular weight excluding hydrogens is 391 g/mol. The summed E-state index contributed by atoms with van der Waals surface area (Å²) in [7, 11) is 1.49. The smallest absolute Gasteiger partial charge is 0.418 e. The van der Waals surface area contributed by atoms with Crippen molar-refractivity contribution >= 4 is 17.6 Å². The molecule has 3 rings (SSSR count). The second-order valence-corrected chi connectivity index (χ2v) is 6.58. The molecule has 0 heterocycles. The Labute approximate surface area is 164 Å². The average molecular weight is 408 g/mol. The number of methoxy groups -OCH3 is 1. The highest BCUT2D eigenvalue weighted by Gasteiger charge is 2.39. The summed E-state index contributed by atoms with van der Waals surface area (Å²) in [5.74, 6) is -3.08. The lowest BCUT2D eigenvalue weighted by molar-refractivity contribution is -0.316. The zero-order chi connectivity index (χ0) is 21.2. The van der Waals surface area contributed by atoms with E-state index in [0.717, 1.165) is 18.2 Å². The van der Waals surface area contributed by atoms with Crippen molar-refractivity contribution in [3.8, 4) is 17.2 Å². The van der Waals surface area contributed by atoms with E-state index in [1.165, 1.54) is 7.11 Å². The van der Waals surface area contributed by atoms with E-state index >= 15 is 0 Å². The zero-order valence-corrected chi connectivity index (χ0v) is 15.3. The van der Waals surface area contributed by atoms with E-state index < -0.39 is 41.1 Å². The normalized spacial score (nSPS) is 18.5. The van der Waals surface area contributed by atoms with Crippen molar-refractivity contribution in [1.29, 1.82) is 0 Å². The fourth-order valence-corrected chi connectivity index (χ4v) is 3.04. The first-order valence-electron chi connectivity index (χ1n) is 8.74. The van der Waals surface area contributed by atoms with Gasteiger partial charge in [0, 0.05) is 23.9 Å². The fourth-order valence-electron chi connectivity index (χ4n) is 3.04. The molecule has 2 aromatic carbocycles. The van der Waals surface area contributed by atoms with Crippen molar-refractivity contribution in [2.24, 2.45) is 11.8 Å². The highest BCUT2D eigenvalue weighted by molar-refractivity contribution is 5.96. The molecule has 1 aliphatic carbocycles. The van der Waals surface area contributed by atoms with Gasteiger partial charge in [0.2, 0.25) is 5.91 Å². The molecule has 29 heavy (non-hydrogen) atoms. The van der Waals surface area contributed by atoms with E-state index in [2.05, 4.69) is 5.32 Å². The van der Waals surface area contributed by atoms with E-state index in [1.54, 1.807) is 24.3 Å². The number of halogens is 3. The summed E-state index contributed by atoms with van der Waals surface area (Å²) in [6.07, 6.45) is -4.18. The number of carbonyl (C=O) groups is 2. The summed E-state index contributed by atoms with van der Waals surface area (Å²) < 4.78 is 50.6. The van der Waals surface area contributed by atoms with Gasteiger partial charge in [-0.05, 0) is 49.2 Å². The average Bonchev–Trinajstić information content (AvgIpc) is 2.60. The maximum absolute atomic E-state index is 13.3. The van der Waals surface area contributed by atoms with Crippen molar-refractivity contribution in [2.75, 3.05) is 12.4 Å². The van der Waals surface area contributed by atoms with Crippen LogP contribution in [0.1, 0.15) is 18.4 Å². The van der Waals surface area contributed by atoms with Crippen LogP contribution in [-0.2, 0) is 15.8 Å². The molecule has 0 aromatic heterocycles. The molecule has 1 aliphatic rings. The van der Waals surface area contributed by atoms with Crippen LogP contribution < -0.4 is 19.9 Å². The standard InChI is InChI=1S/C20H18F3NO5/c1-28-11-2-4-12(5-3-11)29-13-6-9-16(20(21,22)23)17(10-13)24-18(25)14-7-8-15(14)19(26)27/h2-6,9-10,14-15H,7-8H2,1H3,(H,24,25)(H,26,27)/p-1/t14-,15+/m1/s1. The number of carbonyl (C=O) groups excluding carboxylic acids is 2. The number of ether oxygens (including phenoxy) is 2. The van der Waals surface area contributed by atoms with Crippen molar-refractivity contribution < 1.29 is 37.3 Å². The summed E-state index contributed by atoms with van der Waals surface area (Å²) in [6, 6.07) is 9.39. The van der Waals surface area contributed by atoms with Gasteiger partial charge < -0.3 is 24.7 Å². The molecule has 1 N–H and O–H groups in total. The summed E-state index contributed by atoms with van der Waals surface area (Å²) in [6.45, 7) is 0. The molecule has 0 aliphatic heterocycles. The number of amides is 1. The fraction of sp³-hybridized carbons (Fsp3) is 0.300. The van der Waals surface area contributed by atoms with Crippen LogP contribution in [0.3, 0.4) is 0 Å². The number of nitrogens with one attached hydrogen (secondary N) is 1. The molecule has 0 bridgehead atoms. The molecular formula is C20H17F3NO5-. The van der Waals surface area contributed by atoms with E-state index in [-0.39, 0.29) is 18.6 Å². The van der Waals surface area contributed by atoms with Crippen LogP contribution in [0.5, 0.6) is 17.2 Å². The predicted octanol–water partition coefficient (Wildman–Crippen LogP) is 3.22. The van der Waals surface area contributed by atoms with Crippen LogP contribution in [-0.4, -0.2) is 19.0 Å². The molecule has 1 amide bonds. The summed E-state index contributed by atoms with van der Waals surface area (Å²) in [5.41, 5.74) is -1.56. The number of anilines is 1. The topological polar surface area (TPSA) is 87.7 Å². The molecule has 1 fully saturated rings. The first-order valence-corrected chi connectivity index (χ1v) is 8.74. The lowest BCUT2D eigenvalue weighted by atomic mass is 9.73. The molecule has 0 unspecified atom stereocenters. The Morgan fingerprint density at radius 3 is 2.10 bits per heavy atom. The highest BCUT2D eigenvalue weighted by atomic mass is 19.4. The van der Waals surface area contributed by atoms with E-state index in [4.69, 9.17) is 9.47 Å². The second kappa shape index (κ2) is 8.02. The lowest BCUT2D eigenvalue weighted by Crippen LogP contribution is -2.46. The van der Waals surface area contributed by atoms with Crippen LogP contribution in [0, 0.1) is 11.8 Å². The second-order valence-electron chi connectivity index (χ2n) is 6.58. The number of carboxylic acid groups (broad SMARTS) is 1. The minimum absolute atomic E-state index is 0.0727. The lowest BCUT2D eigenvalue weighted by Gasteiger charge is -2.36. The van der Waals surface area contributed by atoms with Gasteiger partial charge in [-0.15, -0.1) is 0 Å². The van der Waals surface area contributed by atoms with Crippen molar-refractivity contribution in [3.63, 3.8) is 0 Å². The monoisotopic (exact) mass is 408 g/mol. The van der Waals surface area contributed by atoms with Gasteiger partial charge in [-0.2, -0.15) is 13.2 Å². The molecule has 2 aromatic rings. The number of aliphatic carboxylic acids is 1. The molecule has 6 nitrogen and oxygen atoms in total. The Morgan fingerprint density at radius 1 is 1.00 bits per heavy atom. The van der Waals surface area contributed by atoms with Crippen molar-refractivity contribution in [1.82, 2.24) is 0 Å². The summed E-state index contributed by atoms with van der Waals surface area (Å²) in [4.78, 5) is 23.3. The Morgan fingerprint density at radius 2 is 1.59 bits per heavy atom. The van der Waals surface area contributed by atoms with Crippen LogP contribution in [0.15, 0.2) is 42.5 Å². The number of rotatable bonds is 6. The number of hydrogen-bond acceptors (Lipinski definition) is 5. The Bertz CT molecular complexity index is 911. The van der Waals surface area contributed by atoms with E-state index in [9.17, 15) is 27.9 Å². The molecule has 154 valence electrons. The van der Waals surface area contributed by atoms with Crippen LogP contribution in [0.4, 0.5) is 18.9 Å². The number of hydrogen-bond donors (Lipinski definition) is 1. The largest absolute Gasteiger partial charge is 0.550 e. The van der Waals surface area contributed by atoms with Crippen molar-refractivity contribution in [3.05, 3.63) is 48.0 Å². The van der Waals surface area contributed by atoms with Crippen LogP contribution >= 0.6 is 0 Å². The minimum Gasteiger partial charge on any atom is -0.550 e. The van der Waals surface area contributed by atoms with E-state index in [0.29, 0.717) is 11.5 Å². The third-order valence-corrected chi connectivity index (χ3v) is 4.76. The number of alkyl halides is 3. The van der Waals surface area contributed by atoms with Gasteiger partial charge in [0.05, 0.1) is 18.4 Å². The zero-order valence-electron chi connectivity index (χ0n) is 15.3. The minimum atomic E-state index is -4.71. The number of carboxylic acids is 1. The SMILES string of the molecule is COc1ccc(Oc2ccc(C(F)(F)F)c(NC(=O)[C@@H]3CC[C@@H]3C(=O)[O-])c2)cc1. The van der Waals surface area contributed by atoms with Gasteiger partial charge in [-0.3, -0.25) is 4.79 Å². The first kappa shape index (κ1) is 20.5. The maximum atomic E-state index is 13.3. The summed E-state index contributed by atoms with van der Waals surface area (Å²) >= 11 is 0. The molecule has 9 heteroatoms. The van der Waals surface area contributed by atoms with Crippen LogP contribution in [0.25, 0.3) is 0 Å². The molecule has 2 atom stereocenters. The van der Waals surface area contributed by atoms with Gasteiger partial charge >= 0.3 is 6.18 Å². The van der Waals surface area contributed by atoms with Gasteiger partial charge in [0.15, 0.2) is 0 Å². The predicted molar refractivity (Wildman–Crippen MR) is 94.4 cm³/mol. The number of benzene rings is 2. The van der Waals surface area contributed by atoms with Gasteiger partial charge in [-0.1, -0.05) is 0 Å². The third-order valence-electron chi connectivity index (χ3n) is 4.76. The highest BCUT2D eigenvalue weighted by Crippen LogP contribution is 2.40. The van der Waals surface area contributed by atoms with Crippen LogP contribution in [0.2, 0.25) is 0 Å². The molecule has 0 spiro atoms. The molecule has 1 saturated carbocycles. The quantitative estimate of drug-likeness (QED) is 0.793. The van der Waals surface area contributed by atoms with E-state index in [1.807, 2.05) is 0 Å². The van der Waals surface area contributed by atoms with Crippen molar-refractivity contribution in [2.45, 2.75) is 19.0 Å². The third kappa shape index (κ3) is 4.61. The maximum Gasteiger partial charge on any atom is 0.418 e. The molecule has 0 radical (unpaired) electrons. The van der Waals surface area contributed by atoms with Gasteiger partial charge in [-0.25, -0.2) is 0 Å². The van der Waals surface area contributed by atoms with Gasteiger partial charge in [0.25, 0.3) is 0 Å². The molecule has 0 saturated heterocycles. The Hall–Kier alpha value is -3.23. The summed E-state index contributed by atoms with van der Waals surface area (Å²) in [5, 5.41) is 13.2. The Kier molecular flexibility index (Phi) is 5.67. The van der Waals surface area contributed by atoms with Gasteiger partial charge in [0.1, 0.15) is 17.2 Å². The first-order chi connectivity index (χ1) is 13.7.